The van der Waals surface area contributed by atoms with Gasteiger partial charge in [0.2, 0.25) is 0 Å². The maximum Gasteiger partial charge on any atom is 0.0596 e. The Kier molecular flexibility index (Phi) is 4.78. The number of likely N-dealkylation sites (N-methyl/N-ethyl adjacent to an activating group) is 1. The fourth-order valence-corrected chi connectivity index (χ4v) is 1.39. The van der Waals surface area contributed by atoms with Crippen molar-refractivity contribution in [3.63, 3.8) is 0 Å². The summed E-state index contributed by atoms with van der Waals surface area (Å²) in [6.45, 7) is 6.78. The lowest BCUT2D eigenvalue weighted by atomic mass is 10.3. The summed E-state index contributed by atoms with van der Waals surface area (Å²) in [4.78, 5) is 2.24. The van der Waals surface area contributed by atoms with Crippen LogP contribution in [0.5, 0.6) is 0 Å². The van der Waals surface area contributed by atoms with Gasteiger partial charge in [-0.15, -0.1) is 0 Å². The molecule has 0 spiro atoms. The molecule has 1 aromatic rings. The van der Waals surface area contributed by atoms with E-state index in [4.69, 9.17) is 4.74 Å². The van der Waals surface area contributed by atoms with E-state index in [0.717, 1.165) is 19.7 Å². The van der Waals surface area contributed by atoms with Gasteiger partial charge in [-0.3, -0.25) is 9.58 Å². The first-order valence-electron chi connectivity index (χ1n) is 5.35. The number of rotatable bonds is 6. The lowest BCUT2D eigenvalue weighted by Gasteiger charge is -2.16. The largest absolute Gasteiger partial charge is 0.377 e. The second-order valence-electron chi connectivity index (χ2n) is 4.18. The molecule has 0 amide bonds. The molecule has 0 unspecified atom stereocenters. The van der Waals surface area contributed by atoms with Crippen LogP contribution in [0.2, 0.25) is 0 Å². The van der Waals surface area contributed by atoms with Crippen molar-refractivity contribution in [3.05, 3.63) is 18.0 Å². The molecule has 4 heteroatoms. The fraction of sp³-hybridized carbons (Fsp3) is 0.727. The number of hydrogen-bond acceptors (Lipinski definition) is 3. The highest BCUT2D eigenvalue weighted by molar-refractivity contribution is 5.02. The molecule has 0 bridgehead atoms. The van der Waals surface area contributed by atoms with Gasteiger partial charge in [-0.25, -0.2) is 0 Å². The Morgan fingerprint density at radius 2 is 2.27 bits per heavy atom. The molecular formula is C11H21N3O. The van der Waals surface area contributed by atoms with Crippen LogP contribution in [0.25, 0.3) is 0 Å². The van der Waals surface area contributed by atoms with Crippen LogP contribution in [0.1, 0.15) is 19.4 Å². The van der Waals surface area contributed by atoms with E-state index in [2.05, 4.69) is 30.9 Å². The molecule has 0 aliphatic carbocycles. The number of hydrogen-bond donors (Lipinski definition) is 0. The Labute approximate surface area is 91.8 Å². The van der Waals surface area contributed by atoms with Crippen LogP contribution >= 0.6 is 0 Å². The molecule has 4 nitrogen and oxygen atoms in total. The van der Waals surface area contributed by atoms with Gasteiger partial charge in [-0.2, -0.15) is 5.10 Å². The van der Waals surface area contributed by atoms with Crippen LogP contribution in [0, 0.1) is 0 Å². The summed E-state index contributed by atoms with van der Waals surface area (Å²) in [6.07, 6.45) is 4.26. The summed E-state index contributed by atoms with van der Waals surface area (Å²) < 4.78 is 7.32. The number of nitrogens with zero attached hydrogens (tertiary/aromatic N) is 3. The highest BCUT2D eigenvalue weighted by Crippen LogP contribution is 2.00. The topological polar surface area (TPSA) is 30.3 Å². The summed E-state index contributed by atoms with van der Waals surface area (Å²) in [5.74, 6) is 0. The second-order valence-corrected chi connectivity index (χ2v) is 4.18. The molecule has 1 heterocycles. The van der Waals surface area contributed by atoms with Gasteiger partial charge in [0.15, 0.2) is 0 Å². The van der Waals surface area contributed by atoms with Gasteiger partial charge in [0.05, 0.1) is 18.9 Å². The third-order valence-corrected chi connectivity index (χ3v) is 2.14. The predicted octanol–water partition coefficient (Wildman–Crippen LogP) is 1.28. The van der Waals surface area contributed by atoms with Gasteiger partial charge >= 0.3 is 0 Å². The summed E-state index contributed by atoms with van der Waals surface area (Å²) in [6, 6.07) is 0. The van der Waals surface area contributed by atoms with Crippen molar-refractivity contribution >= 4 is 0 Å². The van der Waals surface area contributed by atoms with E-state index in [1.54, 1.807) is 0 Å². The van der Waals surface area contributed by atoms with Crippen molar-refractivity contribution in [2.45, 2.75) is 26.5 Å². The van der Waals surface area contributed by atoms with E-state index in [1.165, 1.54) is 5.56 Å². The maximum absolute atomic E-state index is 5.49. The Hall–Kier alpha value is -0.870. The van der Waals surface area contributed by atoms with Crippen molar-refractivity contribution in [2.75, 3.05) is 20.2 Å². The van der Waals surface area contributed by atoms with Gasteiger partial charge in [-0.1, -0.05) is 0 Å². The summed E-state index contributed by atoms with van der Waals surface area (Å²) in [5.41, 5.74) is 1.24. The molecule has 0 atom stereocenters. The lowest BCUT2D eigenvalue weighted by Crippen LogP contribution is -2.23. The van der Waals surface area contributed by atoms with Crippen molar-refractivity contribution in [1.82, 2.24) is 14.7 Å². The standard InChI is InChI=1S/C11H21N3O/c1-10(2)15-6-5-13(3)8-11-7-12-14(4)9-11/h7,9-10H,5-6,8H2,1-4H3. The van der Waals surface area contributed by atoms with Gasteiger partial charge in [0.25, 0.3) is 0 Å². The third-order valence-electron chi connectivity index (χ3n) is 2.14. The molecule has 0 fully saturated rings. The molecule has 0 N–H and O–H groups in total. The highest BCUT2D eigenvalue weighted by atomic mass is 16.5. The van der Waals surface area contributed by atoms with Crippen LogP contribution in [0.3, 0.4) is 0 Å². The van der Waals surface area contributed by atoms with E-state index in [-0.39, 0.29) is 0 Å². The Bertz CT molecular complexity index is 283. The quantitative estimate of drug-likeness (QED) is 0.710. The van der Waals surface area contributed by atoms with Crippen molar-refractivity contribution in [3.8, 4) is 0 Å². The van der Waals surface area contributed by atoms with Crippen molar-refractivity contribution in [1.29, 1.82) is 0 Å². The van der Waals surface area contributed by atoms with Crippen LogP contribution in [-0.4, -0.2) is 41.0 Å². The van der Waals surface area contributed by atoms with E-state index in [9.17, 15) is 0 Å². The summed E-state index contributed by atoms with van der Waals surface area (Å²) >= 11 is 0. The molecule has 0 saturated heterocycles. The molecule has 0 aliphatic rings. The first-order valence-corrected chi connectivity index (χ1v) is 5.35. The first-order chi connectivity index (χ1) is 7.08. The van der Waals surface area contributed by atoms with Crippen molar-refractivity contribution in [2.24, 2.45) is 7.05 Å². The monoisotopic (exact) mass is 211 g/mol. The van der Waals surface area contributed by atoms with Gasteiger partial charge in [0.1, 0.15) is 0 Å². The molecule has 15 heavy (non-hydrogen) atoms. The zero-order chi connectivity index (χ0) is 11.3. The van der Waals surface area contributed by atoms with Crippen molar-refractivity contribution < 1.29 is 4.74 Å². The molecule has 1 rings (SSSR count). The minimum absolute atomic E-state index is 0.316. The van der Waals surface area contributed by atoms with E-state index in [1.807, 2.05) is 24.1 Å². The number of aryl methyl sites for hydroxylation is 1. The Morgan fingerprint density at radius 3 is 2.80 bits per heavy atom. The molecule has 0 aliphatic heterocycles. The molecule has 1 aromatic heterocycles. The first kappa shape index (κ1) is 12.2. The molecule has 0 aromatic carbocycles. The molecular weight excluding hydrogens is 190 g/mol. The third kappa shape index (κ3) is 4.95. The van der Waals surface area contributed by atoms with Crippen LogP contribution in [0.4, 0.5) is 0 Å². The minimum Gasteiger partial charge on any atom is -0.377 e. The zero-order valence-electron chi connectivity index (χ0n) is 10.1. The summed E-state index contributed by atoms with van der Waals surface area (Å²) in [7, 11) is 4.03. The van der Waals surface area contributed by atoms with Crippen LogP contribution in [-0.2, 0) is 18.3 Å². The van der Waals surface area contributed by atoms with E-state index < -0.39 is 0 Å². The van der Waals surface area contributed by atoms with E-state index >= 15 is 0 Å². The summed E-state index contributed by atoms with van der Waals surface area (Å²) in [5, 5.41) is 4.14. The van der Waals surface area contributed by atoms with Gasteiger partial charge in [0, 0.05) is 31.9 Å². The maximum atomic E-state index is 5.49. The molecule has 0 radical (unpaired) electrons. The smallest absolute Gasteiger partial charge is 0.0596 e. The van der Waals surface area contributed by atoms with Crippen LogP contribution in [0.15, 0.2) is 12.4 Å². The Morgan fingerprint density at radius 1 is 1.53 bits per heavy atom. The SMILES string of the molecule is CC(C)OCCN(C)Cc1cnn(C)c1. The molecule has 86 valence electrons. The lowest BCUT2D eigenvalue weighted by molar-refractivity contribution is 0.0627. The fourth-order valence-electron chi connectivity index (χ4n) is 1.39. The minimum atomic E-state index is 0.316. The molecule has 0 saturated carbocycles. The average Bonchev–Trinajstić information content (AvgIpc) is 2.50. The zero-order valence-corrected chi connectivity index (χ0v) is 10.1. The Balaban J connectivity index is 2.21. The number of ether oxygens (including phenoxy) is 1. The van der Waals surface area contributed by atoms with E-state index in [0.29, 0.717) is 6.10 Å². The highest BCUT2D eigenvalue weighted by Gasteiger charge is 2.02. The number of aromatic nitrogens is 2. The average molecular weight is 211 g/mol. The van der Waals surface area contributed by atoms with Crippen LogP contribution < -0.4 is 0 Å². The van der Waals surface area contributed by atoms with Gasteiger partial charge in [-0.05, 0) is 20.9 Å². The van der Waals surface area contributed by atoms with Gasteiger partial charge < -0.3 is 4.74 Å². The normalized spacial score (nSPS) is 11.6. The second kappa shape index (κ2) is 5.88. The predicted molar refractivity (Wildman–Crippen MR) is 60.6 cm³/mol.